The Labute approximate surface area is 127 Å². The summed E-state index contributed by atoms with van der Waals surface area (Å²) in [6, 6.07) is 2.86. The normalized spacial score (nSPS) is 33.1. The molecule has 1 saturated heterocycles. The van der Waals surface area contributed by atoms with Gasteiger partial charge in [-0.15, -0.1) is 0 Å². The average Bonchev–Trinajstić information content (AvgIpc) is 3.13. The predicted octanol–water partition coefficient (Wildman–Crippen LogP) is 2.87. The van der Waals surface area contributed by atoms with Crippen LogP contribution < -0.4 is 5.32 Å². The molecule has 1 aromatic heterocycles. The van der Waals surface area contributed by atoms with E-state index in [1.165, 1.54) is 43.2 Å². The van der Waals surface area contributed by atoms with Crippen LogP contribution in [-0.2, 0) is 11.2 Å². The summed E-state index contributed by atoms with van der Waals surface area (Å²) >= 11 is 0. The van der Waals surface area contributed by atoms with Gasteiger partial charge in [0.2, 0.25) is 0 Å². The van der Waals surface area contributed by atoms with E-state index in [0.717, 1.165) is 25.5 Å². The lowest BCUT2D eigenvalue weighted by molar-refractivity contribution is -0.130. The fourth-order valence-corrected chi connectivity index (χ4v) is 5.15. The minimum Gasteiger partial charge on any atom is -0.377 e. The van der Waals surface area contributed by atoms with Gasteiger partial charge in [-0.1, -0.05) is 12.8 Å². The van der Waals surface area contributed by atoms with Crippen LogP contribution in [0.5, 0.6) is 0 Å². The molecule has 1 aromatic rings. The van der Waals surface area contributed by atoms with E-state index in [2.05, 4.69) is 23.3 Å². The molecule has 0 amide bonds. The molecule has 2 saturated carbocycles. The Bertz CT molecular complexity index is 510. The molecule has 3 heteroatoms. The van der Waals surface area contributed by atoms with Crippen LogP contribution in [-0.4, -0.2) is 30.3 Å². The smallest absolute Gasteiger partial charge is 0.0690 e. The third-order valence-corrected chi connectivity index (χ3v) is 6.18. The van der Waals surface area contributed by atoms with Gasteiger partial charge in [0.1, 0.15) is 0 Å². The summed E-state index contributed by atoms with van der Waals surface area (Å²) in [5.74, 6) is 0.779. The molecule has 0 unspecified atom stereocenters. The molecule has 0 bridgehead atoms. The largest absolute Gasteiger partial charge is 0.377 e. The van der Waals surface area contributed by atoms with Crippen molar-refractivity contribution in [3.63, 3.8) is 0 Å². The summed E-state index contributed by atoms with van der Waals surface area (Å²) in [6.45, 7) is 4.23. The Morgan fingerprint density at radius 1 is 1.38 bits per heavy atom. The van der Waals surface area contributed by atoms with E-state index in [4.69, 9.17) is 4.74 Å². The van der Waals surface area contributed by atoms with Crippen LogP contribution in [0.25, 0.3) is 0 Å². The maximum Gasteiger partial charge on any atom is 0.0690 e. The fourth-order valence-electron chi connectivity index (χ4n) is 5.15. The van der Waals surface area contributed by atoms with Gasteiger partial charge in [0.05, 0.1) is 6.10 Å². The highest BCUT2D eigenvalue weighted by Crippen LogP contribution is 2.60. The zero-order valence-electron chi connectivity index (χ0n) is 13.0. The fraction of sp³-hybridized carbons (Fsp3) is 0.722. The lowest BCUT2D eigenvalue weighted by Crippen LogP contribution is -2.67. The number of aryl methyl sites for hydroxylation is 1. The van der Waals surface area contributed by atoms with Crippen LogP contribution in [0.4, 0.5) is 0 Å². The monoisotopic (exact) mass is 286 g/mol. The van der Waals surface area contributed by atoms with Gasteiger partial charge in [0.25, 0.3) is 0 Å². The van der Waals surface area contributed by atoms with Gasteiger partial charge in [-0.2, -0.15) is 0 Å². The number of pyridine rings is 1. The van der Waals surface area contributed by atoms with E-state index in [1.54, 1.807) is 0 Å². The van der Waals surface area contributed by atoms with Gasteiger partial charge in [-0.05, 0) is 56.3 Å². The third-order valence-electron chi connectivity index (χ3n) is 6.18. The third kappa shape index (κ3) is 2.13. The van der Waals surface area contributed by atoms with E-state index in [9.17, 15) is 0 Å². The average molecular weight is 286 g/mol. The topological polar surface area (TPSA) is 34.2 Å². The highest BCUT2D eigenvalue weighted by atomic mass is 16.5. The van der Waals surface area contributed by atoms with E-state index >= 15 is 0 Å². The standard InChI is InChI=1S/C18H26N2O/c1-13-12-19-9-4-14(13)5-10-20-16-15-6-11-21-17(15)18(16)7-2-3-8-18/h4,9,12,15-17,20H,2-3,5-8,10-11H2,1H3/t15-,16+,17+/m0/s1. The molecule has 3 atom stereocenters. The zero-order valence-corrected chi connectivity index (χ0v) is 13.0. The maximum atomic E-state index is 6.06. The molecule has 114 valence electrons. The van der Waals surface area contributed by atoms with Crippen LogP contribution in [0.2, 0.25) is 0 Å². The molecule has 3 nitrogen and oxygen atoms in total. The van der Waals surface area contributed by atoms with E-state index in [0.29, 0.717) is 17.6 Å². The van der Waals surface area contributed by atoms with Crippen molar-refractivity contribution >= 4 is 0 Å². The second kappa shape index (κ2) is 5.36. The number of hydrogen-bond donors (Lipinski definition) is 1. The Hall–Kier alpha value is -0.930. The first kappa shape index (κ1) is 13.7. The van der Waals surface area contributed by atoms with Crippen LogP contribution in [0.15, 0.2) is 18.5 Å². The Kier molecular flexibility index (Phi) is 3.50. The number of aromatic nitrogens is 1. The van der Waals surface area contributed by atoms with Gasteiger partial charge in [0, 0.05) is 36.4 Å². The number of rotatable bonds is 4. The number of nitrogens with zero attached hydrogens (tertiary/aromatic N) is 1. The SMILES string of the molecule is Cc1cnccc1CCN[C@@H]1[C@@H]2CCO[C@H]2C12CCCC2. The molecule has 0 aromatic carbocycles. The molecule has 1 N–H and O–H groups in total. The molecule has 21 heavy (non-hydrogen) atoms. The summed E-state index contributed by atoms with van der Waals surface area (Å²) in [6.07, 6.45) is 12.4. The van der Waals surface area contributed by atoms with Crippen molar-refractivity contribution in [3.05, 3.63) is 29.6 Å². The van der Waals surface area contributed by atoms with Crippen molar-refractivity contribution in [2.45, 2.75) is 57.6 Å². The van der Waals surface area contributed by atoms with Crippen molar-refractivity contribution in [2.75, 3.05) is 13.2 Å². The van der Waals surface area contributed by atoms with Crippen molar-refractivity contribution in [1.82, 2.24) is 10.3 Å². The maximum absolute atomic E-state index is 6.06. The highest BCUT2D eigenvalue weighted by Gasteiger charge is 2.64. The number of hydrogen-bond acceptors (Lipinski definition) is 3. The van der Waals surface area contributed by atoms with Crippen LogP contribution in [0, 0.1) is 18.3 Å². The zero-order chi connectivity index (χ0) is 14.3. The first-order valence-electron chi connectivity index (χ1n) is 8.56. The molecule has 1 spiro atoms. The van der Waals surface area contributed by atoms with Crippen molar-refractivity contribution < 1.29 is 4.74 Å². The summed E-state index contributed by atoms with van der Waals surface area (Å²) < 4.78 is 6.06. The first-order valence-corrected chi connectivity index (χ1v) is 8.56. The Morgan fingerprint density at radius 3 is 3.05 bits per heavy atom. The quantitative estimate of drug-likeness (QED) is 0.924. The highest BCUT2D eigenvalue weighted by molar-refractivity contribution is 5.22. The molecule has 3 aliphatic rings. The lowest BCUT2D eigenvalue weighted by Gasteiger charge is -2.57. The predicted molar refractivity (Wildman–Crippen MR) is 83.2 cm³/mol. The van der Waals surface area contributed by atoms with Gasteiger partial charge in [-0.3, -0.25) is 4.98 Å². The summed E-state index contributed by atoms with van der Waals surface area (Å²) in [7, 11) is 0. The van der Waals surface area contributed by atoms with E-state index < -0.39 is 0 Å². The number of ether oxygens (including phenoxy) is 1. The molecule has 2 heterocycles. The van der Waals surface area contributed by atoms with Gasteiger partial charge >= 0.3 is 0 Å². The molecule has 2 aliphatic carbocycles. The van der Waals surface area contributed by atoms with Gasteiger partial charge in [0.15, 0.2) is 0 Å². The second-order valence-electron chi connectivity index (χ2n) is 7.17. The minimum absolute atomic E-state index is 0.481. The van der Waals surface area contributed by atoms with Crippen LogP contribution in [0.1, 0.15) is 43.2 Å². The Morgan fingerprint density at radius 2 is 2.24 bits per heavy atom. The van der Waals surface area contributed by atoms with E-state index in [-0.39, 0.29) is 0 Å². The van der Waals surface area contributed by atoms with Crippen molar-refractivity contribution in [3.8, 4) is 0 Å². The van der Waals surface area contributed by atoms with Crippen molar-refractivity contribution in [1.29, 1.82) is 0 Å². The molecule has 1 aliphatic heterocycles. The van der Waals surface area contributed by atoms with Crippen molar-refractivity contribution in [2.24, 2.45) is 11.3 Å². The Balaban J connectivity index is 1.39. The lowest BCUT2D eigenvalue weighted by atomic mass is 9.54. The van der Waals surface area contributed by atoms with Gasteiger partial charge < -0.3 is 10.1 Å². The molecule has 3 fully saturated rings. The first-order chi connectivity index (χ1) is 10.3. The summed E-state index contributed by atoms with van der Waals surface area (Å²) in [5.41, 5.74) is 3.22. The number of nitrogens with one attached hydrogen (secondary N) is 1. The molecule has 0 radical (unpaired) electrons. The minimum atomic E-state index is 0.481. The van der Waals surface area contributed by atoms with E-state index in [1.807, 2.05) is 12.4 Å². The molecular weight excluding hydrogens is 260 g/mol. The second-order valence-corrected chi connectivity index (χ2v) is 7.17. The molecular formula is C18H26N2O. The van der Waals surface area contributed by atoms with Crippen LogP contribution in [0.3, 0.4) is 0 Å². The van der Waals surface area contributed by atoms with Crippen LogP contribution >= 0.6 is 0 Å². The van der Waals surface area contributed by atoms with Gasteiger partial charge in [-0.25, -0.2) is 0 Å². The summed E-state index contributed by atoms with van der Waals surface area (Å²) in [4.78, 5) is 4.18. The summed E-state index contributed by atoms with van der Waals surface area (Å²) in [5, 5.41) is 3.90. The molecule has 4 rings (SSSR count). The number of fused-ring (bicyclic) bond motifs is 2.